The van der Waals surface area contributed by atoms with E-state index in [1.54, 1.807) is 0 Å². The number of carbonyl (C=O) groups is 2. The Kier molecular flexibility index (Phi) is 7.30. The average Bonchev–Trinajstić information content (AvgIpc) is 2.84. The standard InChI is InChI=1S/C26H33N3O3/c1-21-6-5-7-23(20-21)27-15-17-29(18-16-27)26(31)22-10-13-28(14-11-22)25(30)12-19-32-24-8-3-2-4-9-24/h2-9,20,22H,10-19H2,1H3. The molecule has 0 radical (unpaired) electrons. The van der Waals surface area contributed by atoms with Gasteiger partial charge in [0.1, 0.15) is 5.75 Å². The molecule has 2 fully saturated rings. The minimum absolute atomic E-state index is 0.0325. The number of carbonyl (C=O) groups excluding carboxylic acids is 2. The molecule has 0 spiro atoms. The highest BCUT2D eigenvalue weighted by molar-refractivity contribution is 5.80. The van der Waals surface area contributed by atoms with Crippen LogP contribution in [0.25, 0.3) is 0 Å². The number of piperidine rings is 1. The quantitative estimate of drug-likeness (QED) is 0.698. The predicted molar refractivity (Wildman–Crippen MR) is 126 cm³/mol. The third kappa shape index (κ3) is 5.61. The second-order valence-electron chi connectivity index (χ2n) is 8.72. The number of hydrogen-bond donors (Lipinski definition) is 0. The molecule has 0 aromatic heterocycles. The Morgan fingerprint density at radius 1 is 0.875 bits per heavy atom. The highest BCUT2D eigenvalue weighted by atomic mass is 16.5. The van der Waals surface area contributed by atoms with Gasteiger partial charge in [0, 0.05) is 50.9 Å². The van der Waals surface area contributed by atoms with Crippen molar-refractivity contribution >= 4 is 17.5 Å². The summed E-state index contributed by atoms with van der Waals surface area (Å²) in [6.07, 6.45) is 1.87. The van der Waals surface area contributed by atoms with Crippen molar-refractivity contribution in [3.05, 3.63) is 60.2 Å². The Balaban J connectivity index is 1.18. The van der Waals surface area contributed by atoms with Crippen LogP contribution in [0.2, 0.25) is 0 Å². The highest BCUT2D eigenvalue weighted by Gasteiger charge is 2.31. The number of aryl methyl sites for hydroxylation is 1. The Morgan fingerprint density at radius 2 is 1.59 bits per heavy atom. The monoisotopic (exact) mass is 435 g/mol. The number of rotatable bonds is 6. The van der Waals surface area contributed by atoms with Gasteiger partial charge in [0.25, 0.3) is 0 Å². The number of ether oxygens (including phenoxy) is 1. The number of para-hydroxylation sites is 1. The molecule has 0 bridgehead atoms. The maximum Gasteiger partial charge on any atom is 0.225 e. The Hall–Kier alpha value is -3.02. The predicted octanol–water partition coefficient (Wildman–Crippen LogP) is 3.35. The van der Waals surface area contributed by atoms with Crippen LogP contribution in [0.15, 0.2) is 54.6 Å². The molecule has 170 valence electrons. The zero-order chi connectivity index (χ0) is 22.3. The van der Waals surface area contributed by atoms with Crippen molar-refractivity contribution in [2.45, 2.75) is 26.2 Å². The first-order chi connectivity index (χ1) is 15.6. The minimum Gasteiger partial charge on any atom is -0.493 e. The molecule has 2 heterocycles. The van der Waals surface area contributed by atoms with Gasteiger partial charge in [0.2, 0.25) is 11.8 Å². The minimum atomic E-state index is 0.0325. The second-order valence-corrected chi connectivity index (χ2v) is 8.72. The fourth-order valence-corrected chi connectivity index (χ4v) is 4.57. The molecule has 2 aromatic rings. The molecule has 6 heteroatoms. The summed E-state index contributed by atoms with van der Waals surface area (Å²) in [5.41, 5.74) is 2.49. The molecule has 0 unspecified atom stereocenters. The molecule has 32 heavy (non-hydrogen) atoms. The van der Waals surface area contributed by atoms with E-state index >= 15 is 0 Å². The number of anilines is 1. The first-order valence-corrected chi connectivity index (χ1v) is 11.7. The molecule has 2 aliphatic rings. The van der Waals surface area contributed by atoms with E-state index in [0.717, 1.165) is 44.8 Å². The van der Waals surface area contributed by atoms with Crippen molar-refractivity contribution in [3.8, 4) is 5.75 Å². The number of amides is 2. The number of nitrogens with zero attached hydrogens (tertiary/aromatic N) is 3. The second kappa shape index (κ2) is 10.5. The molecule has 0 aliphatic carbocycles. The van der Waals surface area contributed by atoms with Crippen molar-refractivity contribution < 1.29 is 14.3 Å². The summed E-state index contributed by atoms with van der Waals surface area (Å²) in [6.45, 7) is 7.07. The topological polar surface area (TPSA) is 53.1 Å². The number of likely N-dealkylation sites (tertiary alicyclic amines) is 1. The zero-order valence-corrected chi connectivity index (χ0v) is 18.9. The van der Waals surface area contributed by atoms with E-state index in [4.69, 9.17) is 4.74 Å². The van der Waals surface area contributed by atoms with Crippen LogP contribution < -0.4 is 9.64 Å². The Labute approximate surface area is 190 Å². The molecule has 0 N–H and O–H groups in total. The molecular formula is C26H33N3O3. The third-order valence-corrected chi connectivity index (χ3v) is 6.48. The van der Waals surface area contributed by atoms with Crippen LogP contribution in [0, 0.1) is 12.8 Å². The lowest BCUT2D eigenvalue weighted by molar-refractivity contribution is -0.141. The van der Waals surface area contributed by atoms with Crippen molar-refractivity contribution in [1.29, 1.82) is 0 Å². The SMILES string of the molecule is Cc1cccc(N2CCN(C(=O)C3CCN(C(=O)CCOc4ccccc4)CC3)CC2)c1. The van der Waals surface area contributed by atoms with Crippen LogP contribution in [0.1, 0.15) is 24.8 Å². The molecule has 2 amide bonds. The van der Waals surface area contributed by atoms with Crippen molar-refractivity contribution in [2.75, 3.05) is 50.8 Å². The molecule has 6 nitrogen and oxygen atoms in total. The molecule has 2 aliphatic heterocycles. The van der Waals surface area contributed by atoms with E-state index in [0.29, 0.717) is 26.1 Å². The smallest absolute Gasteiger partial charge is 0.225 e. The molecule has 0 atom stereocenters. The lowest BCUT2D eigenvalue weighted by atomic mass is 9.94. The molecular weight excluding hydrogens is 402 g/mol. The van der Waals surface area contributed by atoms with Gasteiger partial charge in [-0.3, -0.25) is 9.59 Å². The zero-order valence-electron chi connectivity index (χ0n) is 18.9. The normalized spacial score (nSPS) is 17.3. The summed E-state index contributed by atoms with van der Waals surface area (Å²) >= 11 is 0. The Bertz CT molecular complexity index is 902. The van der Waals surface area contributed by atoms with Crippen LogP contribution in [0.3, 0.4) is 0 Å². The van der Waals surface area contributed by atoms with Gasteiger partial charge in [-0.25, -0.2) is 0 Å². The fourth-order valence-electron chi connectivity index (χ4n) is 4.57. The maximum absolute atomic E-state index is 13.0. The van der Waals surface area contributed by atoms with Crippen LogP contribution in [-0.2, 0) is 9.59 Å². The fraction of sp³-hybridized carbons (Fsp3) is 0.462. The van der Waals surface area contributed by atoms with Crippen LogP contribution in [-0.4, -0.2) is 67.5 Å². The van der Waals surface area contributed by atoms with Crippen LogP contribution >= 0.6 is 0 Å². The lowest BCUT2D eigenvalue weighted by Gasteiger charge is -2.39. The van der Waals surface area contributed by atoms with Gasteiger partial charge in [0.05, 0.1) is 13.0 Å². The molecule has 2 aromatic carbocycles. The summed E-state index contributed by atoms with van der Waals surface area (Å²) in [5, 5.41) is 0. The summed E-state index contributed by atoms with van der Waals surface area (Å²) in [6, 6.07) is 18.1. The first-order valence-electron chi connectivity index (χ1n) is 11.7. The van der Waals surface area contributed by atoms with Gasteiger partial charge in [-0.2, -0.15) is 0 Å². The van der Waals surface area contributed by atoms with Gasteiger partial charge in [0.15, 0.2) is 0 Å². The molecule has 2 saturated heterocycles. The average molecular weight is 436 g/mol. The van der Waals surface area contributed by atoms with Gasteiger partial charge >= 0.3 is 0 Å². The Morgan fingerprint density at radius 3 is 2.28 bits per heavy atom. The number of benzene rings is 2. The molecule has 4 rings (SSSR count). The third-order valence-electron chi connectivity index (χ3n) is 6.48. The summed E-state index contributed by atoms with van der Waals surface area (Å²) in [5.74, 6) is 1.18. The first kappa shape index (κ1) is 22.2. The van der Waals surface area contributed by atoms with E-state index in [1.807, 2.05) is 40.1 Å². The van der Waals surface area contributed by atoms with E-state index in [1.165, 1.54) is 11.3 Å². The number of hydrogen-bond acceptors (Lipinski definition) is 4. The van der Waals surface area contributed by atoms with Crippen molar-refractivity contribution in [1.82, 2.24) is 9.80 Å². The van der Waals surface area contributed by atoms with Crippen molar-refractivity contribution in [3.63, 3.8) is 0 Å². The van der Waals surface area contributed by atoms with Crippen LogP contribution in [0.5, 0.6) is 5.75 Å². The van der Waals surface area contributed by atoms with Crippen molar-refractivity contribution in [2.24, 2.45) is 5.92 Å². The lowest BCUT2D eigenvalue weighted by Crippen LogP contribution is -2.52. The van der Waals surface area contributed by atoms with Gasteiger partial charge < -0.3 is 19.4 Å². The maximum atomic E-state index is 13.0. The van der Waals surface area contributed by atoms with Gasteiger partial charge in [-0.15, -0.1) is 0 Å². The largest absolute Gasteiger partial charge is 0.493 e. The summed E-state index contributed by atoms with van der Waals surface area (Å²) in [4.78, 5) is 31.8. The number of piperazine rings is 1. The van der Waals surface area contributed by atoms with Gasteiger partial charge in [-0.05, 0) is 49.6 Å². The van der Waals surface area contributed by atoms with E-state index < -0.39 is 0 Å². The van der Waals surface area contributed by atoms with Gasteiger partial charge in [-0.1, -0.05) is 30.3 Å². The summed E-state index contributed by atoms with van der Waals surface area (Å²) in [7, 11) is 0. The van der Waals surface area contributed by atoms with Crippen LogP contribution in [0.4, 0.5) is 5.69 Å². The highest BCUT2D eigenvalue weighted by Crippen LogP contribution is 2.23. The van der Waals surface area contributed by atoms with E-state index in [-0.39, 0.29) is 17.7 Å². The van der Waals surface area contributed by atoms with E-state index in [2.05, 4.69) is 36.1 Å². The molecule has 0 saturated carbocycles. The van der Waals surface area contributed by atoms with E-state index in [9.17, 15) is 9.59 Å². The summed E-state index contributed by atoms with van der Waals surface area (Å²) < 4.78 is 5.64.